The van der Waals surface area contributed by atoms with E-state index in [4.69, 9.17) is 0 Å². The Hall–Kier alpha value is -1.42. The summed E-state index contributed by atoms with van der Waals surface area (Å²) in [7, 11) is 0. The quantitative estimate of drug-likeness (QED) is 0.643. The summed E-state index contributed by atoms with van der Waals surface area (Å²) >= 11 is 3.63. The molecule has 3 rings (SSSR count). The fourth-order valence-corrected chi connectivity index (χ4v) is 3.90. The van der Waals surface area contributed by atoms with Gasteiger partial charge in [0.25, 0.3) is 0 Å². The van der Waals surface area contributed by atoms with E-state index < -0.39 is 0 Å². The van der Waals surface area contributed by atoms with Crippen molar-refractivity contribution in [3.05, 3.63) is 69.2 Å². The number of aryl methyl sites for hydroxylation is 1. The van der Waals surface area contributed by atoms with E-state index in [1.54, 1.807) is 11.3 Å². The van der Waals surface area contributed by atoms with Crippen molar-refractivity contribution >= 4 is 22.7 Å². The van der Waals surface area contributed by atoms with E-state index >= 15 is 0 Å². The molecule has 2 aromatic heterocycles. The molecule has 1 aromatic carbocycles. The average molecular weight is 313 g/mol. The molecule has 3 aromatic rings. The molecule has 3 heteroatoms. The van der Waals surface area contributed by atoms with Gasteiger partial charge in [-0.3, -0.25) is 0 Å². The van der Waals surface area contributed by atoms with Crippen LogP contribution in [0.3, 0.4) is 0 Å². The van der Waals surface area contributed by atoms with Crippen LogP contribution < -0.4 is 5.32 Å². The zero-order valence-electron chi connectivity index (χ0n) is 12.3. The van der Waals surface area contributed by atoms with E-state index in [-0.39, 0.29) is 0 Å². The van der Waals surface area contributed by atoms with Crippen molar-refractivity contribution in [3.63, 3.8) is 0 Å². The highest BCUT2D eigenvalue weighted by Gasteiger charge is 2.07. The molecule has 0 unspecified atom stereocenters. The summed E-state index contributed by atoms with van der Waals surface area (Å²) in [5, 5.41) is 7.99. The van der Waals surface area contributed by atoms with E-state index in [1.807, 2.05) is 11.3 Å². The van der Waals surface area contributed by atoms with E-state index in [2.05, 4.69) is 72.4 Å². The van der Waals surface area contributed by atoms with Crippen LogP contribution in [0.1, 0.15) is 29.0 Å². The summed E-state index contributed by atoms with van der Waals surface area (Å²) in [6.45, 7) is 5.27. The summed E-state index contributed by atoms with van der Waals surface area (Å²) in [6.07, 6.45) is 0. The molecular formula is C18H19NS2. The second-order valence-corrected chi connectivity index (χ2v) is 7.24. The molecule has 0 aliphatic rings. The maximum atomic E-state index is 3.61. The fraction of sp³-hybridized carbons (Fsp3) is 0.222. The van der Waals surface area contributed by atoms with Crippen LogP contribution in [0.4, 0.5) is 0 Å². The second kappa shape index (κ2) is 6.56. The van der Waals surface area contributed by atoms with Crippen molar-refractivity contribution in [2.75, 3.05) is 0 Å². The first-order chi connectivity index (χ1) is 10.2. The second-order valence-electron chi connectivity index (χ2n) is 5.29. The van der Waals surface area contributed by atoms with Gasteiger partial charge >= 0.3 is 0 Å². The van der Waals surface area contributed by atoms with Gasteiger partial charge in [0.1, 0.15) is 0 Å². The minimum atomic E-state index is 0.373. The summed E-state index contributed by atoms with van der Waals surface area (Å²) < 4.78 is 0. The van der Waals surface area contributed by atoms with Crippen molar-refractivity contribution in [2.24, 2.45) is 0 Å². The van der Waals surface area contributed by atoms with Crippen molar-refractivity contribution in [2.45, 2.75) is 26.4 Å². The molecule has 1 nitrogen and oxygen atoms in total. The summed E-state index contributed by atoms with van der Waals surface area (Å²) in [5.41, 5.74) is 4.00. The van der Waals surface area contributed by atoms with E-state index in [0.29, 0.717) is 6.04 Å². The van der Waals surface area contributed by atoms with Gasteiger partial charge in [0, 0.05) is 27.9 Å². The van der Waals surface area contributed by atoms with E-state index in [0.717, 1.165) is 6.54 Å². The zero-order chi connectivity index (χ0) is 14.7. The molecule has 2 heterocycles. The van der Waals surface area contributed by atoms with Gasteiger partial charge in [-0.05, 0) is 42.3 Å². The first-order valence-electron chi connectivity index (χ1n) is 7.13. The lowest BCUT2D eigenvalue weighted by Gasteiger charge is -2.13. The van der Waals surface area contributed by atoms with E-state index in [1.165, 1.54) is 26.4 Å². The maximum Gasteiger partial charge on any atom is 0.0351 e. The number of thiophene rings is 2. The van der Waals surface area contributed by atoms with E-state index in [9.17, 15) is 0 Å². The van der Waals surface area contributed by atoms with Gasteiger partial charge in [0.2, 0.25) is 0 Å². The molecule has 0 saturated carbocycles. The number of benzene rings is 1. The number of hydrogen-bond donors (Lipinski definition) is 1. The minimum absolute atomic E-state index is 0.373. The van der Waals surface area contributed by atoms with Crippen molar-refractivity contribution in [3.8, 4) is 10.4 Å². The van der Waals surface area contributed by atoms with Gasteiger partial charge in [0.15, 0.2) is 0 Å². The molecule has 0 radical (unpaired) electrons. The zero-order valence-corrected chi connectivity index (χ0v) is 13.9. The number of rotatable bonds is 5. The molecule has 0 spiro atoms. The van der Waals surface area contributed by atoms with Gasteiger partial charge in [-0.1, -0.05) is 35.9 Å². The standard InChI is InChI=1S/C18H19NS2/c1-13-5-7-15(8-6-13)14(2)19-11-17-10-16(12-21-17)18-4-3-9-20-18/h3-10,12,14,19H,11H2,1-2H3/t14-/m1/s1. The Morgan fingerprint density at radius 3 is 2.62 bits per heavy atom. The molecule has 0 aliphatic carbocycles. The Labute approximate surface area is 134 Å². The van der Waals surface area contributed by atoms with Gasteiger partial charge in [-0.25, -0.2) is 0 Å². The smallest absolute Gasteiger partial charge is 0.0351 e. The molecule has 21 heavy (non-hydrogen) atoms. The van der Waals surface area contributed by atoms with Crippen molar-refractivity contribution in [1.29, 1.82) is 0 Å². The van der Waals surface area contributed by atoms with Crippen LogP contribution in [0.15, 0.2) is 53.2 Å². The van der Waals surface area contributed by atoms with Gasteiger partial charge in [-0.15, -0.1) is 22.7 Å². The lowest BCUT2D eigenvalue weighted by atomic mass is 10.1. The summed E-state index contributed by atoms with van der Waals surface area (Å²) in [4.78, 5) is 2.74. The Kier molecular flexibility index (Phi) is 4.54. The molecule has 1 N–H and O–H groups in total. The molecule has 0 amide bonds. The molecule has 108 valence electrons. The van der Waals surface area contributed by atoms with Crippen LogP contribution in [-0.4, -0.2) is 0 Å². The average Bonchev–Trinajstić information content (AvgIpc) is 3.16. The fourth-order valence-electron chi connectivity index (χ4n) is 2.27. The van der Waals surface area contributed by atoms with Crippen LogP contribution in [0.5, 0.6) is 0 Å². The topological polar surface area (TPSA) is 12.0 Å². The highest BCUT2D eigenvalue weighted by Crippen LogP contribution is 2.29. The Balaban J connectivity index is 1.61. The molecule has 0 aliphatic heterocycles. The van der Waals surface area contributed by atoms with Crippen LogP contribution in [0, 0.1) is 6.92 Å². The minimum Gasteiger partial charge on any atom is -0.305 e. The first kappa shape index (κ1) is 14.5. The van der Waals surface area contributed by atoms with Crippen LogP contribution in [-0.2, 0) is 6.54 Å². The van der Waals surface area contributed by atoms with Gasteiger partial charge < -0.3 is 5.32 Å². The third-order valence-corrected chi connectivity index (χ3v) is 5.47. The number of nitrogens with one attached hydrogen (secondary N) is 1. The van der Waals surface area contributed by atoms with Crippen LogP contribution >= 0.6 is 22.7 Å². The SMILES string of the molecule is Cc1ccc([C@@H](C)NCc2cc(-c3cccs3)cs2)cc1. The summed E-state index contributed by atoms with van der Waals surface area (Å²) in [6, 6.07) is 15.7. The van der Waals surface area contributed by atoms with Gasteiger partial charge in [-0.2, -0.15) is 0 Å². The Bertz CT molecular complexity index is 680. The first-order valence-corrected chi connectivity index (χ1v) is 8.89. The molecule has 1 atom stereocenters. The van der Waals surface area contributed by atoms with Crippen molar-refractivity contribution < 1.29 is 0 Å². The molecule has 0 saturated heterocycles. The predicted molar refractivity (Wildman–Crippen MR) is 94.1 cm³/mol. The normalized spacial score (nSPS) is 12.5. The lowest BCUT2D eigenvalue weighted by molar-refractivity contribution is 0.579. The van der Waals surface area contributed by atoms with Crippen LogP contribution in [0.2, 0.25) is 0 Å². The van der Waals surface area contributed by atoms with Crippen LogP contribution in [0.25, 0.3) is 10.4 Å². The van der Waals surface area contributed by atoms with Crippen molar-refractivity contribution in [1.82, 2.24) is 5.32 Å². The highest BCUT2D eigenvalue weighted by molar-refractivity contribution is 7.14. The lowest BCUT2D eigenvalue weighted by Crippen LogP contribution is -2.17. The highest BCUT2D eigenvalue weighted by atomic mass is 32.1. The Morgan fingerprint density at radius 1 is 1.10 bits per heavy atom. The molecule has 0 bridgehead atoms. The third-order valence-electron chi connectivity index (χ3n) is 3.62. The predicted octanol–water partition coefficient (Wildman–Crippen LogP) is 5.64. The molecule has 0 fully saturated rings. The Morgan fingerprint density at radius 2 is 1.90 bits per heavy atom. The third kappa shape index (κ3) is 3.62. The largest absolute Gasteiger partial charge is 0.305 e. The number of hydrogen-bond acceptors (Lipinski definition) is 3. The monoisotopic (exact) mass is 313 g/mol. The molecular weight excluding hydrogens is 294 g/mol. The maximum absolute atomic E-state index is 3.61. The van der Waals surface area contributed by atoms with Gasteiger partial charge in [0.05, 0.1) is 0 Å². The summed E-state index contributed by atoms with van der Waals surface area (Å²) in [5.74, 6) is 0.